The zero-order chi connectivity index (χ0) is 18.8. The molecular formula is C16H16F3N3O3S. The Morgan fingerprint density at radius 2 is 1.92 bits per heavy atom. The molecule has 2 heterocycles. The summed E-state index contributed by atoms with van der Waals surface area (Å²) in [6.45, 7) is 0.291. The van der Waals surface area contributed by atoms with Crippen LogP contribution in [0.1, 0.15) is 36.1 Å². The van der Waals surface area contributed by atoms with Crippen LogP contribution < -0.4 is 0 Å². The molecule has 0 amide bonds. The molecule has 0 bridgehead atoms. The molecule has 1 aromatic heterocycles. The molecule has 1 aromatic carbocycles. The Kier molecular flexibility index (Phi) is 5.15. The molecule has 140 valence electrons. The van der Waals surface area contributed by atoms with E-state index in [0.717, 1.165) is 11.0 Å². The van der Waals surface area contributed by atoms with Crippen LogP contribution in [-0.4, -0.2) is 36.0 Å². The maximum atomic E-state index is 12.6. The van der Waals surface area contributed by atoms with Gasteiger partial charge in [0.25, 0.3) is 0 Å². The van der Waals surface area contributed by atoms with Gasteiger partial charge in [0.2, 0.25) is 15.9 Å². The van der Waals surface area contributed by atoms with Crippen molar-refractivity contribution in [3.63, 3.8) is 0 Å². The van der Waals surface area contributed by atoms with Crippen LogP contribution in [0.4, 0.5) is 13.2 Å². The first-order chi connectivity index (χ1) is 12.3. The van der Waals surface area contributed by atoms with Gasteiger partial charge in [0, 0.05) is 18.5 Å². The quantitative estimate of drug-likeness (QED) is 0.805. The molecular weight excluding hydrogens is 371 g/mol. The number of hydrogen-bond acceptors (Lipinski definition) is 5. The number of nitrogens with zero attached hydrogens (tertiary/aromatic N) is 3. The Morgan fingerprint density at radius 1 is 1.19 bits per heavy atom. The molecule has 2 aromatic rings. The van der Waals surface area contributed by atoms with E-state index in [0.29, 0.717) is 12.8 Å². The van der Waals surface area contributed by atoms with E-state index in [1.807, 2.05) is 6.07 Å². The van der Waals surface area contributed by atoms with Crippen molar-refractivity contribution < 1.29 is 26.0 Å². The van der Waals surface area contributed by atoms with E-state index in [2.05, 4.69) is 10.2 Å². The molecule has 1 unspecified atom stereocenters. The number of alkyl halides is 3. The van der Waals surface area contributed by atoms with Crippen molar-refractivity contribution in [3.05, 3.63) is 53.1 Å². The third kappa shape index (κ3) is 4.31. The van der Waals surface area contributed by atoms with Crippen molar-refractivity contribution >= 4 is 16.1 Å². The summed E-state index contributed by atoms with van der Waals surface area (Å²) in [4.78, 5) is 0. The van der Waals surface area contributed by atoms with E-state index in [-0.39, 0.29) is 19.0 Å². The van der Waals surface area contributed by atoms with Gasteiger partial charge < -0.3 is 4.42 Å². The minimum Gasteiger partial charge on any atom is -0.417 e. The molecule has 1 aliphatic heterocycles. The van der Waals surface area contributed by atoms with Crippen LogP contribution in [0, 0.1) is 0 Å². The van der Waals surface area contributed by atoms with Crippen LogP contribution in [-0.2, 0) is 16.2 Å². The maximum Gasteiger partial charge on any atom is 0.470 e. The molecule has 0 spiro atoms. The largest absolute Gasteiger partial charge is 0.470 e. The minimum absolute atomic E-state index is 0.000946. The first-order valence-corrected chi connectivity index (χ1v) is 9.40. The predicted molar refractivity (Wildman–Crippen MR) is 87.2 cm³/mol. The molecule has 0 N–H and O–H groups in total. The number of sulfonamides is 1. The van der Waals surface area contributed by atoms with Gasteiger partial charge in [0.15, 0.2) is 0 Å². The average molecular weight is 387 g/mol. The van der Waals surface area contributed by atoms with Crippen LogP contribution in [0.5, 0.6) is 0 Å². The third-order valence-corrected chi connectivity index (χ3v) is 5.54. The number of piperidine rings is 1. The van der Waals surface area contributed by atoms with Crippen LogP contribution in [0.2, 0.25) is 0 Å². The molecule has 1 aliphatic rings. The highest BCUT2D eigenvalue weighted by Gasteiger charge is 2.39. The van der Waals surface area contributed by atoms with Gasteiger partial charge in [-0.3, -0.25) is 0 Å². The fourth-order valence-corrected chi connectivity index (χ4v) is 3.98. The summed E-state index contributed by atoms with van der Waals surface area (Å²) >= 11 is 0. The molecule has 26 heavy (non-hydrogen) atoms. The lowest BCUT2D eigenvalue weighted by Crippen LogP contribution is -2.38. The van der Waals surface area contributed by atoms with Crippen molar-refractivity contribution in [2.45, 2.75) is 24.9 Å². The first kappa shape index (κ1) is 18.6. The highest BCUT2D eigenvalue weighted by Crippen LogP contribution is 2.32. The number of rotatable bonds is 4. The topological polar surface area (TPSA) is 76.3 Å². The Balaban J connectivity index is 1.73. The van der Waals surface area contributed by atoms with E-state index in [1.165, 1.54) is 10.4 Å². The van der Waals surface area contributed by atoms with Crippen molar-refractivity contribution in [1.29, 1.82) is 0 Å². The lowest BCUT2D eigenvalue weighted by atomic mass is 10.00. The lowest BCUT2D eigenvalue weighted by Gasteiger charge is -2.29. The molecule has 0 radical (unpaired) electrons. The first-order valence-electron chi connectivity index (χ1n) is 7.89. The van der Waals surface area contributed by atoms with Gasteiger partial charge in [0.05, 0.1) is 5.92 Å². The molecule has 0 aliphatic carbocycles. The molecule has 6 nitrogen and oxygen atoms in total. The Morgan fingerprint density at radius 3 is 2.58 bits per heavy atom. The number of benzene rings is 1. The van der Waals surface area contributed by atoms with Crippen LogP contribution in [0.15, 0.2) is 40.2 Å². The summed E-state index contributed by atoms with van der Waals surface area (Å²) in [5.41, 5.74) is 0.733. The number of halogens is 3. The highest BCUT2D eigenvalue weighted by molar-refractivity contribution is 7.92. The SMILES string of the molecule is O=S(=O)(/C=C/c1ccccc1)N1CCCC(c2nnc(C(F)(F)F)o2)C1. The zero-order valence-electron chi connectivity index (χ0n) is 13.6. The summed E-state index contributed by atoms with van der Waals surface area (Å²) in [5.74, 6) is -2.17. The van der Waals surface area contributed by atoms with Crippen LogP contribution in [0.3, 0.4) is 0 Å². The smallest absolute Gasteiger partial charge is 0.417 e. The average Bonchev–Trinajstić information content (AvgIpc) is 3.12. The fourth-order valence-electron chi connectivity index (χ4n) is 2.70. The second kappa shape index (κ2) is 7.20. The van der Waals surface area contributed by atoms with Crippen molar-refractivity contribution in [1.82, 2.24) is 14.5 Å². The minimum atomic E-state index is -4.72. The van der Waals surface area contributed by atoms with Crippen molar-refractivity contribution in [3.8, 4) is 0 Å². The summed E-state index contributed by atoms with van der Waals surface area (Å²) in [5, 5.41) is 7.54. The van der Waals surface area contributed by atoms with E-state index < -0.39 is 28.0 Å². The predicted octanol–water partition coefficient (Wildman–Crippen LogP) is 3.27. The molecule has 0 saturated carbocycles. The zero-order valence-corrected chi connectivity index (χ0v) is 14.4. The number of hydrogen-bond donors (Lipinski definition) is 0. The van der Waals surface area contributed by atoms with E-state index in [9.17, 15) is 21.6 Å². The van der Waals surface area contributed by atoms with Gasteiger partial charge in [-0.05, 0) is 24.5 Å². The van der Waals surface area contributed by atoms with Gasteiger partial charge in [-0.25, -0.2) is 8.42 Å². The van der Waals surface area contributed by atoms with Gasteiger partial charge in [-0.1, -0.05) is 30.3 Å². The monoisotopic (exact) mass is 387 g/mol. The standard InChI is InChI=1S/C16H16F3N3O3S/c17-16(18,19)15-21-20-14(25-15)13-7-4-9-22(11-13)26(23,24)10-8-12-5-2-1-3-6-12/h1-3,5-6,8,10,13H,4,7,9,11H2/b10-8+. The highest BCUT2D eigenvalue weighted by atomic mass is 32.2. The Labute approximate surface area is 148 Å². The fraction of sp³-hybridized carbons (Fsp3) is 0.375. The maximum absolute atomic E-state index is 12.6. The second-order valence-corrected chi connectivity index (χ2v) is 7.72. The summed E-state index contributed by atoms with van der Waals surface area (Å²) in [6, 6.07) is 8.93. The number of aromatic nitrogens is 2. The second-order valence-electron chi connectivity index (χ2n) is 5.90. The Bertz CT molecular complexity index is 879. The third-order valence-electron chi connectivity index (χ3n) is 4.01. The van der Waals surface area contributed by atoms with Gasteiger partial charge in [0.1, 0.15) is 0 Å². The molecule has 10 heteroatoms. The summed E-state index contributed by atoms with van der Waals surface area (Å²) < 4.78 is 68.6. The van der Waals surface area contributed by atoms with Gasteiger partial charge in [-0.2, -0.15) is 17.5 Å². The van der Waals surface area contributed by atoms with E-state index in [4.69, 9.17) is 4.42 Å². The molecule has 1 fully saturated rings. The van der Waals surface area contributed by atoms with Gasteiger partial charge in [-0.15, -0.1) is 10.2 Å². The summed E-state index contributed by atoms with van der Waals surface area (Å²) in [7, 11) is -3.70. The normalized spacial score (nSPS) is 19.9. The molecule has 1 atom stereocenters. The van der Waals surface area contributed by atoms with Crippen LogP contribution >= 0.6 is 0 Å². The van der Waals surface area contributed by atoms with E-state index >= 15 is 0 Å². The Hall–Kier alpha value is -2.20. The van der Waals surface area contributed by atoms with Crippen molar-refractivity contribution in [2.24, 2.45) is 0 Å². The van der Waals surface area contributed by atoms with Crippen LogP contribution in [0.25, 0.3) is 6.08 Å². The lowest BCUT2D eigenvalue weighted by molar-refractivity contribution is -0.157. The molecule has 3 rings (SSSR count). The molecule has 1 saturated heterocycles. The van der Waals surface area contributed by atoms with Crippen molar-refractivity contribution in [2.75, 3.05) is 13.1 Å². The summed E-state index contributed by atoms with van der Waals surface area (Å²) in [6.07, 6.45) is -2.27. The van der Waals surface area contributed by atoms with E-state index in [1.54, 1.807) is 24.3 Å². The van der Waals surface area contributed by atoms with Gasteiger partial charge >= 0.3 is 12.1 Å².